The lowest BCUT2D eigenvalue weighted by atomic mass is 10.3. The molecule has 0 aliphatic carbocycles. The molecule has 0 radical (unpaired) electrons. The molecule has 0 aliphatic rings. The van der Waals surface area contributed by atoms with E-state index in [0.29, 0.717) is 11.4 Å². The van der Waals surface area contributed by atoms with Crippen LogP contribution in [-0.4, -0.2) is 19.7 Å². The van der Waals surface area contributed by atoms with Gasteiger partial charge in [-0.1, -0.05) is 0 Å². The van der Waals surface area contributed by atoms with Crippen LogP contribution in [0, 0.1) is 0 Å². The van der Waals surface area contributed by atoms with E-state index in [0.717, 1.165) is 10.7 Å². The van der Waals surface area contributed by atoms with Gasteiger partial charge in [-0.05, 0) is 6.07 Å². The fourth-order valence-electron chi connectivity index (χ4n) is 1.25. The van der Waals surface area contributed by atoms with E-state index in [1.54, 1.807) is 0 Å². The highest BCUT2D eigenvalue weighted by Gasteiger charge is 2.34. The fraction of sp³-hybridized carbons (Fsp3) is 0.250. The standard InChI is InChI=1S/C8H7F3N4/c1-15-6(5-3-12-4-13-5)2-7(14-15)8(9,10)11/h2-4H,1H3,(H,12,13). The third-order valence-electron chi connectivity index (χ3n) is 1.94. The van der Waals surface area contributed by atoms with Crippen LogP contribution in [0.25, 0.3) is 11.4 Å². The van der Waals surface area contributed by atoms with Crippen molar-refractivity contribution in [2.75, 3.05) is 0 Å². The lowest BCUT2D eigenvalue weighted by molar-refractivity contribution is -0.141. The lowest BCUT2D eigenvalue weighted by Crippen LogP contribution is -2.06. The number of nitrogens with zero attached hydrogens (tertiary/aromatic N) is 3. The summed E-state index contributed by atoms with van der Waals surface area (Å²) in [4.78, 5) is 6.45. The second kappa shape index (κ2) is 3.11. The van der Waals surface area contributed by atoms with E-state index in [4.69, 9.17) is 0 Å². The molecule has 4 nitrogen and oxygen atoms in total. The molecule has 0 aromatic carbocycles. The van der Waals surface area contributed by atoms with Crippen molar-refractivity contribution >= 4 is 0 Å². The van der Waals surface area contributed by atoms with E-state index in [2.05, 4.69) is 15.1 Å². The maximum atomic E-state index is 12.3. The van der Waals surface area contributed by atoms with Crippen LogP contribution in [-0.2, 0) is 13.2 Å². The van der Waals surface area contributed by atoms with Gasteiger partial charge in [-0.25, -0.2) is 4.98 Å². The molecule has 0 amide bonds. The topological polar surface area (TPSA) is 46.5 Å². The van der Waals surface area contributed by atoms with Gasteiger partial charge in [0.1, 0.15) is 0 Å². The quantitative estimate of drug-likeness (QED) is 0.790. The zero-order valence-corrected chi connectivity index (χ0v) is 7.71. The van der Waals surface area contributed by atoms with Gasteiger partial charge in [-0.2, -0.15) is 18.3 Å². The maximum absolute atomic E-state index is 12.3. The molecule has 0 saturated heterocycles. The van der Waals surface area contributed by atoms with E-state index < -0.39 is 11.9 Å². The monoisotopic (exact) mass is 216 g/mol. The number of aromatic nitrogens is 4. The summed E-state index contributed by atoms with van der Waals surface area (Å²) in [6.07, 6.45) is -1.58. The highest BCUT2D eigenvalue weighted by molar-refractivity contribution is 5.53. The minimum atomic E-state index is -4.42. The van der Waals surface area contributed by atoms with E-state index in [1.165, 1.54) is 19.6 Å². The number of rotatable bonds is 1. The molecule has 2 aromatic rings. The molecule has 80 valence electrons. The van der Waals surface area contributed by atoms with Gasteiger partial charge < -0.3 is 4.98 Å². The average Bonchev–Trinajstić information content (AvgIpc) is 2.69. The summed E-state index contributed by atoms with van der Waals surface area (Å²) in [6, 6.07) is 0.980. The van der Waals surface area contributed by atoms with Gasteiger partial charge in [0.2, 0.25) is 0 Å². The molecule has 2 rings (SSSR count). The van der Waals surface area contributed by atoms with Crippen LogP contribution >= 0.6 is 0 Å². The zero-order valence-electron chi connectivity index (χ0n) is 7.71. The number of alkyl halides is 3. The molecule has 7 heteroatoms. The van der Waals surface area contributed by atoms with Crippen LogP contribution in [0.15, 0.2) is 18.6 Å². The minimum absolute atomic E-state index is 0.347. The third-order valence-corrected chi connectivity index (χ3v) is 1.94. The predicted octanol–water partition coefficient (Wildman–Crippen LogP) is 1.83. The Morgan fingerprint density at radius 3 is 2.60 bits per heavy atom. The number of imidazole rings is 1. The van der Waals surface area contributed by atoms with Gasteiger partial charge in [0.15, 0.2) is 5.69 Å². The van der Waals surface area contributed by atoms with Crippen LogP contribution in [0.3, 0.4) is 0 Å². The fourth-order valence-corrected chi connectivity index (χ4v) is 1.25. The Hall–Kier alpha value is -1.79. The summed E-state index contributed by atoms with van der Waals surface area (Å²) in [5.74, 6) is 0. The normalized spacial score (nSPS) is 12.0. The molecule has 2 aromatic heterocycles. The van der Waals surface area contributed by atoms with Crippen molar-refractivity contribution in [1.82, 2.24) is 19.7 Å². The van der Waals surface area contributed by atoms with Crippen LogP contribution in [0.1, 0.15) is 5.69 Å². The van der Waals surface area contributed by atoms with E-state index in [-0.39, 0.29) is 0 Å². The van der Waals surface area contributed by atoms with Gasteiger partial charge in [-0.3, -0.25) is 4.68 Å². The Morgan fingerprint density at radius 1 is 1.40 bits per heavy atom. The number of H-pyrrole nitrogens is 1. The molecule has 0 atom stereocenters. The SMILES string of the molecule is Cn1nc(C(F)(F)F)cc1-c1cnc[nH]1. The Bertz CT molecular complexity index is 455. The summed E-state index contributed by atoms with van der Waals surface area (Å²) in [5.41, 5.74) is -0.0603. The number of nitrogens with one attached hydrogen (secondary N) is 1. The zero-order chi connectivity index (χ0) is 11.1. The Morgan fingerprint density at radius 2 is 2.13 bits per heavy atom. The number of aromatic amines is 1. The van der Waals surface area contributed by atoms with Crippen molar-refractivity contribution in [2.45, 2.75) is 6.18 Å². The molecule has 0 unspecified atom stereocenters. The van der Waals surface area contributed by atoms with Gasteiger partial charge in [0.05, 0.1) is 23.9 Å². The van der Waals surface area contributed by atoms with Crippen molar-refractivity contribution in [3.8, 4) is 11.4 Å². The van der Waals surface area contributed by atoms with Crippen LogP contribution in [0.2, 0.25) is 0 Å². The molecule has 0 saturated carbocycles. The number of hydrogen-bond acceptors (Lipinski definition) is 2. The maximum Gasteiger partial charge on any atom is 0.435 e. The first-order valence-corrected chi connectivity index (χ1v) is 4.08. The summed E-state index contributed by atoms with van der Waals surface area (Å²) in [5, 5.41) is 3.38. The molecule has 15 heavy (non-hydrogen) atoms. The van der Waals surface area contributed by atoms with Crippen molar-refractivity contribution in [1.29, 1.82) is 0 Å². The second-order valence-electron chi connectivity index (χ2n) is 3.00. The molecule has 1 N–H and O–H groups in total. The minimum Gasteiger partial charge on any atom is -0.343 e. The van der Waals surface area contributed by atoms with Crippen LogP contribution in [0.5, 0.6) is 0 Å². The van der Waals surface area contributed by atoms with Gasteiger partial charge in [0, 0.05) is 7.05 Å². The highest BCUT2D eigenvalue weighted by atomic mass is 19.4. The van der Waals surface area contributed by atoms with Gasteiger partial charge in [-0.15, -0.1) is 0 Å². The summed E-state index contributed by atoms with van der Waals surface area (Å²) in [6.45, 7) is 0. The summed E-state index contributed by atoms with van der Waals surface area (Å²) in [7, 11) is 1.45. The first-order chi connectivity index (χ1) is 6.98. The van der Waals surface area contributed by atoms with Crippen molar-refractivity contribution in [3.63, 3.8) is 0 Å². The molecular weight excluding hydrogens is 209 g/mol. The van der Waals surface area contributed by atoms with Gasteiger partial charge >= 0.3 is 6.18 Å². The van der Waals surface area contributed by atoms with Crippen molar-refractivity contribution < 1.29 is 13.2 Å². The first-order valence-electron chi connectivity index (χ1n) is 4.08. The van der Waals surface area contributed by atoms with E-state index in [1.807, 2.05) is 0 Å². The predicted molar refractivity (Wildman–Crippen MR) is 45.8 cm³/mol. The molecule has 0 spiro atoms. The largest absolute Gasteiger partial charge is 0.435 e. The molecule has 0 aliphatic heterocycles. The summed E-state index contributed by atoms with van der Waals surface area (Å²) >= 11 is 0. The van der Waals surface area contributed by atoms with Crippen LogP contribution < -0.4 is 0 Å². The number of hydrogen-bond donors (Lipinski definition) is 1. The van der Waals surface area contributed by atoms with Gasteiger partial charge in [0.25, 0.3) is 0 Å². The van der Waals surface area contributed by atoms with E-state index >= 15 is 0 Å². The van der Waals surface area contributed by atoms with Crippen LogP contribution in [0.4, 0.5) is 13.2 Å². The molecule has 0 fully saturated rings. The second-order valence-corrected chi connectivity index (χ2v) is 3.00. The lowest BCUT2D eigenvalue weighted by Gasteiger charge is -1.98. The van der Waals surface area contributed by atoms with Crippen molar-refractivity contribution in [2.24, 2.45) is 7.05 Å². The first kappa shape index (κ1) is 9.75. The Balaban J connectivity index is 2.47. The number of aryl methyl sites for hydroxylation is 1. The highest BCUT2D eigenvalue weighted by Crippen LogP contribution is 2.30. The smallest absolute Gasteiger partial charge is 0.343 e. The Kier molecular flexibility index (Phi) is 2.02. The van der Waals surface area contributed by atoms with Crippen molar-refractivity contribution in [3.05, 3.63) is 24.3 Å². The molecule has 0 bridgehead atoms. The molecular formula is C8H7F3N4. The average molecular weight is 216 g/mol. The molecule has 2 heterocycles. The summed E-state index contributed by atoms with van der Waals surface area (Å²) < 4.78 is 38.1. The third kappa shape index (κ3) is 1.72. The van der Waals surface area contributed by atoms with E-state index in [9.17, 15) is 13.2 Å². The Labute approximate surface area is 82.8 Å². The number of halogens is 3.